The quantitative estimate of drug-likeness (QED) is 0.566. The summed E-state index contributed by atoms with van der Waals surface area (Å²) in [5.74, 6) is -0.0222. The Morgan fingerprint density at radius 3 is 2.75 bits per heavy atom. The zero-order valence-corrected chi connectivity index (χ0v) is 12.8. The molecule has 1 aromatic heterocycles. The van der Waals surface area contributed by atoms with Crippen molar-refractivity contribution in [1.82, 2.24) is 9.97 Å². The number of fused-ring (bicyclic) bond motifs is 1. The van der Waals surface area contributed by atoms with E-state index in [4.69, 9.17) is 11.6 Å². The van der Waals surface area contributed by atoms with E-state index in [1.54, 1.807) is 25.1 Å². The van der Waals surface area contributed by atoms with Crippen molar-refractivity contribution in [2.45, 2.75) is 6.92 Å². The summed E-state index contributed by atoms with van der Waals surface area (Å²) in [5, 5.41) is 1.05. The second-order valence-corrected chi connectivity index (χ2v) is 5.71. The number of aromatic nitrogens is 2. The lowest BCUT2D eigenvalue weighted by atomic mass is 10.1. The number of halogens is 3. The smallest absolute Gasteiger partial charge is 0.164 e. The van der Waals surface area contributed by atoms with E-state index in [0.717, 1.165) is 9.86 Å². The molecule has 0 aliphatic rings. The number of hydrogen-bond donors (Lipinski definition) is 0. The molecule has 1 heterocycles. The highest BCUT2D eigenvalue weighted by atomic mass is 79.9. The minimum absolute atomic E-state index is 0.297. The zero-order valence-electron chi connectivity index (χ0n) is 10.5. The lowest BCUT2D eigenvalue weighted by Gasteiger charge is -2.07. The third-order valence-corrected chi connectivity index (χ3v) is 3.83. The van der Waals surface area contributed by atoms with Crippen molar-refractivity contribution in [3.63, 3.8) is 0 Å². The highest BCUT2D eigenvalue weighted by molar-refractivity contribution is 9.10. The maximum absolute atomic E-state index is 14.2. The molecule has 2 nitrogen and oxygen atoms in total. The van der Waals surface area contributed by atoms with Crippen LogP contribution in [0, 0.1) is 12.7 Å². The van der Waals surface area contributed by atoms with Crippen LogP contribution in [0.3, 0.4) is 0 Å². The molecule has 0 N–H and O–H groups in total. The van der Waals surface area contributed by atoms with Gasteiger partial charge in [0, 0.05) is 9.86 Å². The van der Waals surface area contributed by atoms with Gasteiger partial charge in [0.05, 0.1) is 11.1 Å². The molecular weight excluding hydrogens is 343 g/mol. The van der Waals surface area contributed by atoms with E-state index in [1.807, 2.05) is 18.2 Å². The van der Waals surface area contributed by atoms with Gasteiger partial charge < -0.3 is 0 Å². The van der Waals surface area contributed by atoms with E-state index in [0.29, 0.717) is 27.6 Å². The van der Waals surface area contributed by atoms with Crippen LogP contribution in [0.4, 0.5) is 4.39 Å². The fourth-order valence-electron chi connectivity index (χ4n) is 2.00. The molecule has 20 heavy (non-hydrogen) atoms. The molecule has 5 heteroatoms. The first-order chi connectivity index (χ1) is 9.56. The first-order valence-corrected chi connectivity index (χ1v) is 7.11. The van der Waals surface area contributed by atoms with Crippen molar-refractivity contribution in [3.8, 4) is 11.4 Å². The van der Waals surface area contributed by atoms with Crippen LogP contribution in [0.5, 0.6) is 0 Å². The van der Waals surface area contributed by atoms with Crippen LogP contribution in [0.2, 0.25) is 5.15 Å². The highest BCUT2D eigenvalue weighted by Crippen LogP contribution is 2.28. The van der Waals surface area contributed by atoms with Crippen LogP contribution in [-0.4, -0.2) is 9.97 Å². The van der Waals surface area contributed by atoms with Gasteiger partial charge in [-0.3, -0.25) is 0 Å². The van der Waals surface area contributed by atoms with Crippen LogP contribution in [-0.2, 0) is 0 Å². The normalized spacial score (nSPS) is 11.0. The topological polar surface area (TPSA) is 25.8 Å². The van der Waals surface area contributed by atoms with Gasteiger partial charge in [-0.1, -0.05) is 39.7 Å². The fraction of sp³-hybridized carbons (Fsp3) is 0.0667. The molecule has 2 aromatic carbocycles. The predicted octanol–water partition coefficient (Wildman–Crippen LogP) is 5.16. The Labute approximate surface area is 128 Å². The van der Waals surface area contributed by atoms with Crippen molar-refractivity contribution < 1.29 is 4.39 Å². The monoisotopic (exact) mass is 350 g/mol. The molecule has 0 bridgehead atoms. The average Bonchev–Trinajstić information content (AvgIpc) is 2.42. The van der Waals surface area contributed by atoms with Crippen LogP contribution < -0.4 is 0 Å². The summed E-state index contributed by atoms with van der Waals surface area (Å²) in [5.41, 5.74) is 1.60. The Morgan fingerprint density at radius 2 is 1.95 bits per heavy atom. The van der Waals surface area contributed by atoms with Crippen LogP contribution >= 0.6 is 27.5 Å². The molecule has 0 atom stereocenters. The molecule has 3 aromatic rings. The summed E-state index contributed by atoms with van der Waals surface area (Å²) >= 11 is 9.56. The standard InChI is InChI=1S/C15H9BrClFN2/c1-8-3-2-4-10(13(8)18)15-19-12-6-5-9(16)7-11(12)14(17)20-15/h2-7H,1H3. The summed E-state index contributed by atoms with van der Waals surface area (Å²) in [7, 11) is 0. The first kappa shape index (κ1) is 13.5. The summed E-state index contributed by atoms with van der Waals surface area (Å²) in [6, 6.07) is 10.7. The lowest BCUT2D eigenvalue weighted by molar-refractivity contribution is 0.621. The Morgan fingerprint density at radius 1 is 1.15 bits per heavy atom. The fourth-order valence-corrected chi connectivity index (χ4v) is 2.60. The van der Waals surface area contributed by atoms with Gasteiger partial charge in [-0.05, 0) is 36.8 Å². The van der Waals surface area contributed by atoms with E-state index in [9.17, 15) is 4.39 Å². The molecule has 3 rings (SSSR count). The third-order valence-electron chi connectivity index (χ3n) is 3.04. The minimum Gasteiger partial charge on any atom is -0.228 e. The van der Waals surface area contributed by atoms with Crippen molar-refractivity contribution in [2.24, 2.45) is 0 Å². The molecule has 0 saturated heterocycles. The Kier molecular flexibility index (Phi) is 3.44. The first-order valence-electron chi connectivity index (χ1n) is 5.94. The number of rotatable bonds is 1. The molecule has 0 unspecified atom stereocenters. The molecular formula is C15H9BrClFN2. The number of hydrogen-bond acceptors (Lipinski definition) is 2. The van der Waals surface area contributed by atoms with Gasteiger partial charge in [-0.15, -0.1) is 0 Å². The van der Waals surface area contributed by atoms with Crippen LogP contribution in [0.1, 0.15) is 5.56 Å². The zero-order chi connectivity index (χ0) is 14.3. The molecule has 0 aliphatic carbocycles. The Hall–Kier alpha value is -1.52. The molecule has 0 saturated carbocycles. The predicted molar refractivity (Wildman–Crippen MR) is 82.4 cm³/mol. The summed E-state index contributed by atoms with van der Waals surface area (Å²) < 4.78 is 15.0. The van der Waals surface area contributed by atoms with Crippen molar-refractivity contribution >= 4 is 38.4 Å². The number of aryl methyl sites for hydroxylation is 1. The Balaban J connectivity index is 2.28. The van der Waals surface area contributed by atoms with Gasteiger partial charge in [-0.2, -0.15) is 0 Å². The minimum atomic E-state index is -0.319. The summed E-state index contributed by atoms with van der Waals surface area (Å²) in [4.78, 5) is 8.60. The van der Waals surface area contributed by atoms with Crippen LogP contribution in [0.15, 0.2) is 40.9 Å². The average molecular weight is 352 g/mol. The summed E-state index contributed by atoms with van der Waals surface area (Å²) in [6.45, 7) is 1.71. The maximum Gasteiger partial charge on any atom is 0.164 e. The summed E-state index contributed by atoms with van der Waals surface area (Å²) in [6.07, 6.45) is 0. The van der Waals surface area contributed by atoms with Gasteiger partial charge in [-0.25, -0.2) is 14.4 Å². The molecule has 0 spiro atoms. The van der Waals surface area contributed by atoms with E-state index < -0.39 is 0 Å². The van der Waals surface area contributed by atoms with Gasteiger partial charge in [0.1, 0.15) is 11.0 Å². The molecule has 100 valence electrons. The van der Waals surface area contributed by atoms with Crippen LogP contribution in [0.25, 0.3) is 22.3 Å². The van der Waals surface area contributed by atoms with Gasteiger partial charge in [0.15, 0.2) is 5.82 Å². The lowest BCUT2D eigenvalue weighted by Crippen LogP contribution is -1.95. The largest absolute Gasteiger partial charge is 0.228 e. The molecule has 0 aliphatic heterocycles. The molecule has 0 amide bonds. The number of nitrogens with zero attached hydrogens (tertiary/aromatic N) is 2. The second-order valence-electron chi connectivity index (χ2n) is 4.44. The SMILES string of the molecule is Cc1cccc(-c2nc(Cl)c3cc(Br)ccc3n2)c1F. The van der Waals surface area contributed by atoms with E-state index in [1.165, 1.54) is 0 Å². The van der Waals surface area contributed by atoms with Crippen molar-refractivity contribution in [3.05, 3.63) is 57.4 Å². The molecule has 0 fully saturated rings. The Bertz CT molecular complexity index is 820. The van der Waals surface area contributed by atoms with Gasteiger partial charge >= 0.3 is 0 Å². The van der Waals surface area contributed by atoms with E-state index >= 15 is 0 Å². The van der Waals surface area contributed by atoms with E-state index in [-0.39, 0.29) is 5.82 Å². The van der Waals surface area contributed by atoms with E-state index in [2.05, 4.69) is 25.9 Å². The highest BCUT2D eigenvalue weighted by Gasteiger charge is 2.13. The van der Waals surface area contributed by atoms with Crippen molar-refractivity contribution in [2.75, 3.05) is 0 Å². The second kappa shape index (κ2) is 5.11. The third kappa shape index (κ3) is 2.30. The van der Waals surface area contributed by atoms with Gasteiger partial charge in [0.25, 0.3) is 0 Å². The van der Waals surface area contributed by atoms with Crippen molar-refractivity contribution in [1.29, 1.82) is 0 Å². The number of benzene rings is 2. The molecule has 0 radical (unpaired) electrons. The maximum atomic E-state index is 14.2. The van der Waals surface area contributed by atoms with Gasteiger partial charge in [0.2, 0.25) is 0 Å².